The van der Waals surface area contributed by atoms with Crippen LogP contribution in [0.2, 0.25) is 5.02 Å². The van der Waals surface area contributed by atoms with Gasteiger partial charge in [-0.15, -0.1) is 0 Å². The van der Waals surface area contributed by atoms with E-state index in [2.05, 4.69) is 15.5 Å². The predicted molar refractivity (Wildman–Crippen MR) is 112 cm³/mol. The smallest absolute Gasteiger partial charge is 0.226 e. The van der Waals surface area contributed by atoms with Crippen molar-refractivity contribution in [3.8, 4) is 17.1 Å². The van der Waals surface area contributed by atoms with E-state index in [0.29, 0.717) is 49.2 Å². The van der Waals surface area contributed by atoms with Gasteiger partial charge in [-0.2, -0.15) is 4.98 Å². The van der Waals surface area contributed by atoms with Gasteiger partial charge in [0, 0.05) is 30.0 Å². The molecule has 3 rings (SSSR count). The molecular weight excluding hydrogens is 390 g/mol. The molecule has 1 amide bonds. The standard InChI is InChI=1S/C22H24ClN3O3/c23-18-11-13-19(14-12-18)28-16-5-4-15-24-20(27)9-6-10-21-25-22(26-29-21)17-7-2-1-3-8-17/h1-3,7-8,11-14H,4-6,9-10,15-16H2,(H,24,27). The number of nitrogens with one attached hydrogen (secondary N) is 1. The van der Waals surface area contributed by atoms with Crippen LogP contribution in [0.25, 0.3) is 11.4 Å². The normalized spacial score (nSPS) is 10.7. The minimum absolute atomic E-state index is 0.0337. The number of aryl methyl sites for hydroxylation is 1. The van der Waals surface area contributed by atoms with Gasteiger partial charge in [-0.1, -0.05) is 47.1 Å². The number of hydrogen-bond acceptors (Lipinski definition) is 5. The molecule has 1 heterocycles. The Labute approximate surface area is 175 Å². The van der Waals surface area contributed by atoms with Gasteiger partial charge in [-0.25, -0.2) is 0 Å². The molecule has 3 aromatic rings. The lowest BCUT2D eigenvalue weighted by atomic mass is 10.2. The summed E-state index contributed by atoms with van der Waals surface area (Å²) in [6.45, 7) is 1.25. The number of carbonyl (C=O) groups is 1. The molecule has 0 spiro atoms. The first-order valence-electron chi connectivity index (χ1n) is 9.74. The molecule has 0 aliphatic heterocycles. The van der Waals surface area contributed by atoms with Gasteiger partial charge in [0.2, 0.25) is 17.6 Å². The fraction of sp³-hybridized carbons (Fsp3) is 0.318. The molecule has 0 unspecified atom stereocenters. The number of rotatable bonds is 11. The maximum atomic E-state index is 11.9. The van der Waals surface area contributed by atoms with Crippen LogP contribution in [-0.2, 0) is 11.2 Å². The number of nitrogens with zero attached hydrogens (tertiary/aromatic N) is 2. The highest BCUT2D eigenvalue weighted by Gasteiger charge is 2.09. The van der Waals surface area contributed by atoms with E-state index in [4.69, 9.17) is 20.9 Å². The number of carbonyl (C=O) groups excluding carboxylic acids is 1. The SMILES string of the molecule is O=C(CCCc1nc(-c2ccccc2)no1)NCCCCOc1ccc(Cl)cc1. The average Bonchev–Trinajstić information content (AvgIpc) is 3.21. The predicted octanol–water partition coefficient (Wildman–Crippen LogP) is 4.69. The minimum Gasteiger partial charge on any atom is -0.494 e. The Morgan fingerprint density at radius 2 is 1.83 bits per heavy atom. The highest BCUT2D eigenvalue weighted by atomic mass is 35.5. The lowest BCUT2D eigenvalue weighted by Crippen LogP contribution is -2.24. The summed E-state index contributed by atoms with van der Waals surface area (Å²) < 4.78 is 10.9. The highest BCUT2D eigenvalue weighted by Crippen LogP contribution is 2.16. The molecule has 0 radical (unpaired) electrons. The molecule has 0 saturated carbocycles. The Hall–Kier alpha value is -2.86. The number of ether oxygens (including phenoxy) is 1. The van der Waals surface area contributed by atoms with Gasteiger partial charge >= 0.3 is 0 Å². The van der Waals surface area contributed by atoms with Gasteiger partial charge in [-0.3, -0.25) is 4.79 Å². The first-order valence-corrected chi connectivity index (χ1v) is 10.1. The van der Waals surface area contributed by atoms with E-state index in [0.717, 1.165) is 24.2 Å². The first kappa shape index (κ1) is 20.9. The Morgan fingerprint density at radius 3 is 2.62 bits per heavy atom. The second-order valence-electron chi connectivity index (χ2n) is 6.59. The van der Waals surface area contributed by atoms with E-state index < -0.39 is 0 Å². The maximum Gasteiger partial charge on any atom is 0.226 e. The van der Waals surface area contributed by atoms with Crippen LogP contribution in [-0.4, -0.2) is 29.2 Å². The molecule has 0 saturated heterocycles. The van der Waals surface area contributed by atoms with E-state index in [9.17, 15) is 4.79 Å². The van der Waals surface area contributed by atoms with Crippen LogP contribution in [0.15, 0.2) is 59.1 Å². The molecular formula is C22H24ClN3O3. The molecule has 1 N–H and O–H groups in total. The van der Waals surface area contributed by atoms with E-state index in [1.807, 2.05) is 42.5 Å². The summed E-state index contributed by atoms with van der Waals surface area (Å²) in [5, 5.41) is 7.60. The number of benzene rings is 2. The van der Waals surface area contributed by atoms with Gasteiger partial charge < -0.3 is 14.6 Å². The average molecular weight is 414 g/mol. The summed E-state index contributed by atoms with van der Waals surface area (Å²) in [7, 11) is 0. The van der Waals surface area contributed by atoms with Crippen molar-refractivity contribution in [3.63, 3.8) is 0 Å². The van der Waals surface area contributed by atoms with Crippen molar-refractivity contribution in [3.05, 3.63) is 65.5 Å². The number of amides is 1. The molecule has 6 nitrogen and oxygen atoms in total. The van der Waals surface area contributed by atoms with Crippen molar-refractivity contribution in [1.82, 2.24) is 15.5 Å². The van der Waals surface area contributed by atoms with Gasteiger partial charge in [0.05, 0.1) is 6.61 Å². The quantitative estimate of drug-likeness (QED) is 0.461. The third-order valence-electron chi connectivity index (χ3n) is 4.27. The van der Waals surface area contributed by atoms with E-state index in [1.54, 1.807) is 12.1 Å². The summed E-state index contributed by atoms with van der Waals surface area (Å²) in [5.74, 6) is 1.96. The van der Waals surface area contributed by atoms with Crippen LogP contribution < -0.4 is 10.1 Å². The molecule has 0 atom stereocenters. The largest absolute Gasteiger partial charge is 0.494 e. The van der Waals surface area contributed by atoms with Crippen LogP contribution >= 0.6 is 11.6 Å². The molecule has 152 valence electrons. The zero-order valence-electron chi connectivity index (χ0n) is 16.1. The number of aromatic nitrogens is 2. The zero-order valence-corrected chi connectivity index (χ0v) is 16.9. The topological polar surface area (TPSA) is 77.2 Å². The molecule has 0 aliphatic carbocycles. The summed E-state index contributed by atoms with van der Waals surface area (Å²) >= 11 is 5.83. The van der Waals surface area contributed by atoms with Gasteiger partial charge in [-0.05, 0) is 43.5 Å². The highest BCUT2D eigenvalue weighted by molar-refractivity contribution is 6.30. The number of hydrogen-bond donors (Lipinski definition) is 1. The second kappa shape index (κ2) is 11.2. The molecule has 29 heavy (non-hydrogen) atoms. The van der Waals surface area contributed by atoms with Crippen LogP contribution in [0.4, 0.5) is 0 Å². The van der Waals surface area contributed by atoms with Gasteiger partial charge in [0.1, 0.15) is 5.75 Å². The number of unbranched alkanes of at least 4 members (excludes halogenated alkanes) is 1. The Morgan fingerprint density at radius 1 is 1.03 bits per heavy atom. The molecule has 0 aliphatic rings. The minimum atomic E-state index is 0.0337. The third-order valence-corrected chi connectivity index (χ3v) is 4.52. The first-order chi connectivity index (χ1) is 14.2. The van der Waals surface area contributed by atoms with Crippen molar-refractivity contribution in [2.24, 2.45) is 0 Å². The molecule has 7 heteroatoms. The Kier molecular flexibility index (Phi) is 8.07. The monoisotopic (exact) mass is 413 g/mol. The van der Waals surface area contributed by atoms with E-state index in [-0.39, 0.29) is 5.91 Å². The fourth-order valence-corrected chi connectivity index (χ4v) is 2.85. The van der Waals surface area contributed by atoms with Crippen molar-refractivity contribution < 1.29 is 14.1 Å². The summed E-state index contributed by atoms with van der Waals surface area (Å²) in [6, 6.07) is 17.0. The molecule has 0 bridgehead atoms. The Balaban J connectivity index is 1.24. The van der Waals surface area contributed by atoms with E-state index >= 15 is 0 Å². The lowest BCUT2D eigenvalue weighted by molar-refractivity contribution is -0.121. The van der Waals surface area contributed by atoms with Crippen LogP contribution in [0.1, 0.15) is 31.6 Å². The second-order valence-corrected chi connectivity index (χ2v) is 7.03. The van der Waals surface area contributed by atoms with Crippen LogP contribution in [0.3, 0.4) is 0 Å². The van der Waals surface area contributed by atoms with E-state index in [1.165, 1.54) is 0 Å². The summed E-state index contributed by atoms with van der Waals surface area (Å²) in [4.78, 5) is 16.3. The van der Waals surface area contributed by atoms with Crippen molar-refractivity contribution in [2.75, 3.05) is 13.2 Å². The van der Waals surface area contributed by atoms with Crippen molar-refractivity contribution in [1.29, 1.82) is 0 Å². The maximum absolute atomic E-state index is 11.9. The van der Waals surface area contributed by atoms with Crippen LogP contribution in [0, 0.1) is 0 Å². The van der Waals surface area contributed by atoms with Gasteiger partial charge in [0.25, 0.3) is 0 Å². The molecule has 1 aromatic heterocycles. The zero-order chi connectivity index (χ0) is 20.3. The molecule has 0 fully saturated rings. The van der Waals surface area contributed by atoms with Gasteiger partial charge in [0.15, 0.2) is 0 Å². The third kappa shape index (κ3) is 7.23. The lowest BCUT2D eigenvalue weighted by Gasteiger charge is -2.07. The molecule has 2 aromatic carbocycles. The van der Waals surface area contributed by atoms with Crippen LogP contribution in [0.5, 0.6) is 5.75 Å². The Bertz CT molecular complexity index is 882. The summed E-state index contributed by atoms with van der Waals surface area (Å²) in [6.07, 6.45) is 3.42. The fourth-order valence-electron chi connectivity index (χ4n) is 2.73. The van der Waals surface area contributed by atoms with Crippen molar-refractivity contribution >= 4 is 17.5 Å². The van der Waals surface area contributed by atoms with Crippen molar-refractivity contribution in [2.45, 2.75) is 32.1 Å². The summed E-state index contributed by atoms with van der Waals surface area (Å²) in [5.41, 5.74) is 0.917. The number of halogens is 1.